The molecule has 0 radical (unpaired) electrons. The summed E-state index contributed by atoms with van der Waals surface area (Å²) in [7, 11) is 0. The normalized spacial score (nSPS) is 12.8. The van der Waals surface area contributed by atoms with E-state index in [0.29, 0.717) is 11.3 Å². The number of rotatable bonds is 6. The highest BCUT2D eigenvalue weighted by atomic mass is 19.4. The van der Waals surface area contributed by atoms with Crippen LogP contribution >= 0.6 is 0 Å². The van der Waals surface area contributed by atoms with Crippen LogP contribution in [0.25, 0.3) is 0 Å². The standard InChI is InChI=1S/C12H13F6NO2/c13-11(14,15)10(12(16,17)18)21-6-5-20-9-4-2-1-3-8(9)7-19/h1-4,10H,5-7,19H2. The molecule has 3 nitrogen and oxygen atoms in total. The molecule has 0 saturated carbocycles. The summed E-state index contributed by atoms with van der Waals surface area (Å²) in [5.74, 6) is 0.291. The first-order valence-corrected chi connectivity index (χ1v) is 5.82. The van der Waals surface area contributed by atoms with Gasteiger partial charge in [0.25, 0.3) is 0 Å². The van der Waals surface area contributed by atoms with Gasteiger partial charge in [-0.1, -0.05) is 18.2 Å². The van der Waals surface area contributed by atoms with Crippen LogP contribution in [0.15, 0.2) is 24.3 Å². The number of hydrogen-bond acceptors (Lipinski definition) is 3. The van der Waals surface area contributed by atoms with E-state index in [9.17, 15) is 26.3 Å². The zero-order valence-electron chi connectivity index (χ0n) is 10.7. The van der Waals surface area contributed by atoms with Gasteiger partial charge in [-0.3, -0.25) is 0 Å². The summed E-state index contributed by atoms with van der Waals surface area (Å²) < 4.78 is 82.0. The Labute approximate surface area is 116 Å². The van der Waals surface area contributed by atoms with Crippen molar-refractivity contribution < 1.29 is 35.8 Å². The van der Waals surface area contributed by atoms with Gasteiger partial charge in [-0.25, -0.2) is 0 Å². The molecule has 0 unspecified atom stereocenters. The predicted octanol–water partition coefficient (Wildman–Crippen LogP) is 3.03. The summed E-state index contributed by atoms with van der Waals surface area (Å²) in [6.45, 7) is -1.19. The van der Waals surface area contributed by atoms with Crippen LogP contribution in [0.2, 0.25) is 0 Å². The maximum Gasteiger partial charge on any atom is 0.423 e. The Balaban J connectivity index is 2.52. The van der Waals surface area contributed by atoms with Crippen molar-refractivity contribution in [3.8, 4) is 5.75 Å². The van der Waals surface area contributed by atoms with Crippen molar-refractivity contribution in [1.29, 1.82) is 0 Å². The molecule has 0 heterocycles. The predicted molar refractivity (Wildman–Crippen MR) is 61.7 cm³/mol. The van der Waals surface area contributed by atoms with Crippen molar-refractivity contribution in [2.75, 3.05) is 13.2 Å². The molecule has 120 valence electrons. The molecular weight excluding hydrogens is 304 g/mol. The van der Waals surface area contributed by atoms with Crippen molar-refractivity contribution in [1.82, 2.24) is 0 Å². The van der Waals surface area contributed by atoms with Gasteiger partial charge in [0.15, 0.2) is 0 Å². The van der Waals surface area contributed by atoms with E-state index < -0.39 is 31.7 Å². The number of para-hydroxylation sites is 1. The van der Waals surface area contributed by atoms with Gasteiger partial charge >= 0.3 is 12.4 Å². The minimum atomic E-state index is -5.52. The van der Waals surface area contributed by atoms with Crippen LogP contribution in [0.5, 0.6) is 5.75 Å². The Morgan fingerprint density at radius 3 is 2.05 bits per heavy atom. The quantitative estimate of drug-likeness (QED) is 0.648. The zero-order chi connectivity index (χ0) is 16.1. The Hall–Kier alpha value is -1.48. The van der Waals surface area contributed by atoms with Crippen molar-refractivity contribution in [2.24, 2.45) is 5.73 Å². The second kappa shape index (κ2) is 6.99. The van der Waals surface area contributed by atoms with Crippen LogP contribution < -0.4 is 10.5 Å². The molecule has 1 aromatic rings. The van der Waals surface area contributed by atoms with Gasteiger partial charge in [-0.15, -0.1) is 0 Å². The molecule has 9 heteroatoms. The molecular formula is C12H13F6NO2. The van der Waals surface area contributed by atoms with E-state index in [-0.39, 0.29) is 6.54 Å². The van der Waals surface area contributed by atoms with Gasteiger partial charge in [-0.05, 0) is 6.07 Å². The second-order valence-corrected chi connectivity index (χ2v) is 3.99. The van der Waals surface area contributed by atoms with Crippen LogP contribution in [0, 0.1) is 0 Å². The SMILES string of the molecule is NCc1ccccc1OCCOC(C(F)(F)F)C(F)(F)F. The number of alkyl halides is 6. The Morgan fingerprint density at radius 1 is 0.952 bits per heavy atom. The van der Waals surface area contributed by atoms with Crippen LogP contribution in [0.1, 0.15) is 5.56 Å². The summed E-state index contributed by atoms with van der Waals surface area (Å²) in [4.78, 5) is 0. The fourth-order valence-corrected chi connectivity index (χ4v) is 1.51. The Bertz CT molecular complexity index is 432. The fourth-order valence-electron chi connectivity index (χ4n) is 1.51. The zero-order valence-corrected chi connectivity index (χ0v) is 10.7. The molecule has 1 aromatic carbocycles. The smallest absolute Gasteiger partial charge is 0.423 e. The molecule has 0 amide bonds. The number of ether oxygens (including phenoxy) is 2. The van der Waals surface area contributed by atoms with Crippen LogP contribution in [-0.4, -0.2) is 31.7 Å². The minimum absolute atomic E-state index is 0.130. The van der Waals surface area contributed by atoms with Crippen molar-refractivity contribution in [3.05, 3.63) is 29.8 Å². The maximum atomic E-state index is 12.2. The van der Waals surface area contributed by atoms with E-state index in [1.54, 1.807) is 18.2 Å². The molecule has 0 atom stereocenters. The molecule has 0 aliphatic carbocycles. The lowest BCUT2D eigenvalue weighted by molar-refractivity contribution is -0.322. The molecule has 2 N–H and O–H groups in total. The Kier molecular flexibility index (Phi) is 5.85. The lowest BCUT2D eigenvalue weighted by Crippen LogP contribution is -2.44. The molecule has 0 aliphatic rings. The van der Waals surface area contributed by atoms with E-state index in [0.717, 1.165) is 0 Å². The third-order valence-electron chi connectivity index (χ3n) is 2.41. The summed E-state index contributed by atoms with van der Waals surface area (Å²) in [6, 6.07) is 6.41. The third-order valence-corrected chi connectivity index (χ3v) is 2.41. The van der Waals surface area contributed by atoms with Crippen molar-refractivity contribution >= 4 is 0 Å². The number of nitrogens with two attached hydrogens (primary N) is 1. The highest BCUT2D eigenvalue weighted by Crippen LogP contribution is 2.35. The van der Waals surface area contributed by atoms with Gasteiger partial charge in [0, 0.05) is 12.1 Å². The molecule has 1 rings (SSSR count). The molecule has 0 spiro atoms. The molecule has 0 saturated heterocycles. The third kappa shape index (κ3) is 5.43. The van der Waals surface area contributed by atoms with Gasteiger partial charge < -0.3 is 15.2 Å². The first kappa shape index (κ1) is 17.6. The second-order valence-electron chi connectivity index (χ2n) is 3.99. The maximum absolute atomic E-state index is 12.2. The Morgan fingerprint density at radius 2 is 1.52 bits per heavy atom. The topological polar surface area (TPSA) is 44.5 Å². The fraction of sp³-hybridized carbons (Fsp3) is 0.500. The highest BCUT2D eigenvalue weighted by molar-refractivity contribution is 5.32. The van der Waals surface area contributed by atoms with Crippen LogP contribution in [0.3, 0.4) is 0 Å². The molecule has 0 fully saturated rings. The van der Waals surface area contributed by atoms with E-state index in [4.69, 9.17) is 10.5 Å². The minimum Gasteiger partial charge on any atom is -0.491 e. The number of benzene rings is 1. The average Bonchev–Trinajstić information content (AvgIpc) is 2.35. The highest BCUT2D eigenvalue weighted by Gasteiger charge is 2.57. The van der Waals surface area contributed by atoms with Gasteiger partial charge in [-0.2, -0.15) is 26.3 Å². The lowest BCUT2D eigenvalue weighted by atomic mass is 10.2. The molecule has 21 heavy (non-hydrogen) atoms. The number of halogens is 6. The van der Waals surface area contributed by atoms with Gasteiger partial charge in [0.2, 0.25) is 6.10 Å². The summed E-state index contributed by atoms with van der Waals surface area (Å²) >= 11 is 0. The summed E-state index contributed by atoms with van der Waals surface area (Å²) in [5, 5.41) is 0. The van der Waals surface area contributed by atoms with E-state index in [2.05, 4.69) is 4.74 Å². The largest absolute Gasteiger partial charge is 0.491 e. The average molecular weight is 317 g/mol. The molecule has 0 bridgehead atoms. The van der Waals surface area contributed by atoms with Crippen LogP contribution in [0.4, 0.5) is 26.3 Å². The van der Waals surface area contributed by atoms with E-state index in [1.165, 1.54) is 6.07 Å². The summed E-state index contributed by atoms with van der Waals surface area (Å²) in [6.07, 6.45) is -14.9. The van der Waals surface area contributed by atoms with Gasteiger partial charge in [0.05, 0.1) is 6.61 Å². The lowest BCUT2D eigenvalue weighted by Gasteiger charge is -2.23. The summed E-state index contributed by atoms with van der Waals surface area (Å²) in [5.41, 5.74) is 5.99. The first-order valence-electron chi connectivity index (χ1n) is 5.82. The van der Waals surface area contributed by atoms with E-state index in [1.807, 2.05) is 0 Å². The van der Waals surface area contributed by atoms with Gasteiger partial charge in [0.1, 0.15) is 12.4 Å². The molecule has 0 aliphatic heterocycles. The van der Waals surface area contributed by atoms with Crippen molar-refractivity contribution in [2.45, 2.75) is 25.0 Å². The molecule has 0 aromatic heterocycles. The monoisotopic (exact) mass is 317 g/mol. The van der Waals surface area contributed by atoms with E-state index >= 15 is 0 Å². The van der Waals surface area contributed by atoms with Crippen molar-refractivity contribution in [3.63, 3.8) is 0 Å². The number of hydrogen-bond donors (Lipinski definition) is 1. The first-order chi connectivity index (χ1) is 9.66. The van der Waals surface area contributed by atoms with Crippen LogP contribution in [-0.2, 0) is 11.3 Å².